The van der Waals surface area contributed by atoms with E-state index in [4.69, 9.17) is 0 Å². The van der Waals surface area contributed by atoms with Crippen LogP contribution < -0.4 is 5.32 Å². The highest BCUT2D eigenvalue weighted by Gasteiger charge is 2.24. The lowest BCUT2D eigenvalue weighted by Gasteiger charge is -2.33. The second-order valence-electron chi connectivity index (χ2n) is 7.91. The van der Waals surface area contributed by atoms with Gasteiger partial charge < -0.3 is 10.2 Å². The van der Waals surface area contributed by atoms with E-state index in [2.05, 4.69) is 27.5 Å². The standard InChI is InChI=1S/C24H27N5O2/c30-23(12-14-29-18-25-17-27-29)28-13-4-5-19(16-28)15-26-24(31)22-10-8-21(9-11-22)20-6-2-1-3-7-20/h1-3,6-11,17-19H,4-5,12-16H2,(H,26,31). The molecule has 3 aromatic rings. The summed E-state index contributed by atoms with van der Waals surface area (Å²) in [5.74, 6) is 0.328. The first-order valence-corrected chi connectivity index (χ1v) is 10.7. The molecule has 7 nitrogen and oxygen atoms in total. The maximum absolute atomic E-state index is 12.6. The van der Waals surface area contributed by atoms with Crippen LogP contribution in [0.1, 0.15) is 29.6 Å². The van der Waals surface area contributed by atoms with Crippen LogP contribution in [-0.4, -0.2) is 51.1 Å². The molecular weight excluding hydrogens is 390 g/mol. The summed E-state index contributed by atoms with van der Waals surface area (Å²) in [5, 5.41) is 7.08. The summed E-state index contributed by atoms with van der Waals surface area (Å²) in [6.07, 6.45) is 5.48. The van der Waals surface area contributed by atoms with Crippen molar-refractivity contribution in [3.63, 3.8) is 0 Å². The fourth-order valence-electron chi connectivity index (χ4n) is 3.96. The third-order valence-corrected chi connectivity index (χ3v) is 5.70. The Morgan fingerprint density at radius 3 is 2.55 bits per heavy atom. The summed E-state index contributed by atoms with van der Waals surface area (Å²) < 4.78 is 1.67. The minimum atomic E-state index is -0.0748. The van der Waals surface area contributed by atoms with Crippen molar-refractivity contribution in [3.05, 3.63) is 72.8 Å². The molecule has 0 radical (unpaired) electrons. The smallest absolute Gasteiger partial charge is 0.251 e. The number of hydrogen-bond acceptors (Lipinski definition) is 4. The van der Waals surface area contributed by atoms with Gasteiger partial charge in [0.1, 0.15) is 12.7 Å². The molecule has 1 N–H and O–H groups in total. The number of carbonyl (C=O) groups excluding carboxylic acids is 2. The van der Waals surface area contributed by atoms with Crippen molar-refractivity contribution >= 4 is 11.8 Å². The van der Waals surface area contributed by atoms with Crippen LogP contribution in [0.25, 0.3) is 11.1 Å². The van der Waals surface area contributed by atoms with Crippen molar-refractivity contribution < 1.29 is 9.59 Å². The van der Waals surface area contributed by atoms with E-state index < -0.39 is 0 Å². The molecule has 1 aliphatic rings. The molecule has 2 heterocycles. The van der Waals surface area contributed by atoms with Crippen LogP contribution >= 0.6 is 0 Å². The highest BCUT2D eigenvalue weighted by Crippen LogP contribution is 2.20. The Morgan fingerprint density at radius 1 is 1.03 bits per heavy atom. The lowest BCUT2D eigenvalue weighted by atomic mass is 9.97. The van der Waals surface area contributed by atoms with E-state index in [1.54, 1.807) is 11.0 Å². The van der Waals surface area contributed by atoms with Crippen LogP contribution in [-0.2, 0) is 11.3 Å². The Labute approximate surface area is 182 Å². The molecule has 1 atom stereocenters. The molecule has 1 aliphatic heterocycles. The van der Waals surface area contributed by atoms with Gasteiger partial charge in [-0.1, -0.05) is 42.5 Å². The fourth-order valence-corrected chi connectivity index (χ4v) is 3.96. The van der Waals surface area contributed by atoms with E-state index in [0.717, 1.165) is 30.5 Å². The monoisotopic (exact) mass is 417 g/mol. The van der Waals surface area contributed by atoms with E-state index in [1.807, 2.05) is 47.4 Å². The number of carbonyl (C=O) groups is 2. The van der Waals surface area contributed by atoms with Gasteiger partial charge in [-0.15, -0.1) is 0 Å². The van der Waals surface area contributed by atoms with Crippen molar-refractivity contribution in [2.45, 2.75) is 25.8 Å². The zero-order chi connectivity index (χ0) is 21.5. The van der Waals surface area contributed by atoms with Crippen LogP contribution in [0.3, 0.4) is 0 Å². The molecular formula is C24H27N5O2. The SMILES string of the molecule is O=C(NCC1CCCN(C(=O)CCn2cncn2)C1)c1ccc(-c2ccccc2)cc1. The Balaban J connectivity index is 1.25. The Morgan fingerprint density at radius 2 is 1.81 bits per heavy atom. The predicted molar refractivity (Wildman–Crippen MR) is 118 cm³/mol. The molecule has 1 fully saturated rings. The largest absolute Gasteiger partial charge is 0.352 e. The fraction of sp³-hybridized carbons (Fsp3) is 0.333. The number of rotatable bonds is 7. The van der Waals surface area contributed by atoms with Crippen LogP contribution in [0.2, 0.25) is 0 Å². The molecule has 1 aromatic heterocycles. The number of benzene rings is 2. The quantitative estimate of drug-likeness (QED) is 0.641. The van der Waals surface area contributed by atoms with Gasteiger partial charge in [0, 0.05) is 31.6 Å². The molecule has 2 amide bonds. The molecule has 0 bridgehead atoms. The van der Waals surface area contributed by atoms with Crippen LogP contribution in [0, 0.1) is 5.92 Å². The number of amides is 2. The number of aromatic nitrogens is 3. The minimum absolute atomic E-state index is 0.0748. The molecule has 0 spiro atoms. The Hall–Kier alpha value is -3.48. The van der Waals surface area contributed by atoms with Gasteiger partial charge in [0.15, 0.2) is 0 Å². The molecule has 31 heavy (non-hydrogen) atoms. The molecule has 1 unspecified atom stereocenters. The molecule has 0 aliphatic carbocycles. The van der Waals surface area contributed by atoms with E-state index in [1.165, 1.54) is 6.33 Å². The zero-order valence-corrected chi connectivity index (χ0v) is 17.5. The number of likely N-dealkylation sites (tertiary alicyclic amines) is 1. The number of piperidine rings is 1. The Bertz CT molecular complexity index is 987. The van der Waals surface area contributed by atoms with Gasteiger partial charge in [0.05, 0.1) is 6.54 Å². The summed E-state index contributed by atoms with van der Waals surface area (Å²) in [6, 6.07) is 17.8. The summed E-state index contributed by atoms with van der Waals surface area (Å²) in [5.41, 5.74) is 2.87. The first kappa shape index (κ1) is 20.8. The Kier molecular flexibility index (Phi) is 6.72. The van der Waals surface area contributed by atoms with E-state index in [-0.39, 0.29) is 17.7 Å². The maximum Gasteiger partial charge on any atom is 0.251 e. The number of nitrogens with zero attached hydrogens (tertiary/aromatic N) is 4. The van der Waals surface area contributed by atoms with Crippen LogP contribution in [0.5, 0.6) is 0 Å². The average Bonchev–Trinajstić information content (AvgIpc) is 3.35. The third-order valence-electron chi connectivity index (χ3n) is 5.70. The maximum atomic E-state index is 12.6. The second-order valence-corrected chi connectivity index (χ2v) is 7.91. The van der Waals surface area contributed by atoms with Crippen molar-refractivity contribution in [2.24, 2.45) is 5.92 Å². The summed E-state index contributed by atoms with van der Waals surface area (Å²) in [4.78, 5) is 30.9. The molecule has 2 aromatic carbocycles. The lowest BCUT2D eigenvalue weighted by molar-refractivity contribution is -0.133. The number of aryl methyl sites for hydroxylation is 1. The highest BCUT2D eigenvalue weighted by atomic mass is 16.2. The first-order valence-electron chi connectivity index (χ1n) is 10.7. The normalized spacial score (nSPS) is 16.1. The third kappa shape index (κ3) is 5.57. The van der Waals surface area contributed by atoms with Crippen LogP contribution in [0.4, 0.5) is 0 Å². The van der Waals surface area contributed by atoms with Gasteiger partial charge in [-0.05, 0) is 42.0 Å². The van der Waals surface area contributed by atoms with Crippen LogP contribution in [0.15, 0.2) is 67.3 Å². The highest BCUT2D eigenvalue weighted by molar-refractivity contribution is 5.94. The number of hydrogen-bond donors (Lipinski definition) is 1. The molecule has 4 rings (SSSR count). The van der Waals surface area contributed by atoms with Gasteiger partial charge in [0.2, 0.25) is 5.91 Å². The van der Waals surface area contributed by atoms with Crippen molar-refractivity contribution in [3.8, 4) is 11.1 Å². The van der Waals surface area contributed by atoms with Gasteiger partial charge in [-0.3, -0.25) is 14.3 Å². The first-order chi connectivity index (χ1) is 15.2. The van der Waals surface area contributed by atoms with E-state index >= 15 is 0 Å². The minimum Gasteiger partial charge on any atom is -0.352 e. The lowest BCUT2D eigenvalue weighted by Crippen LogP contribution is -2.43. The van der Waals surface area contributed by atoms with E-state index in [0.29, 0.717) is 31.6 Å². The summed E-state index contributed by atoms with van der Waals surface area (Å²) in [6.45, 7) is 2.58. The number of nitrogens with one attached hydrogen (secondary N) is 1. The van der Waals surface area contributed by atoms with Crippen molar-refractivity contribution in [2.75, 3.05) is 19.6 Å². The van der Waals surface area contributed by atoms with E-state index in [9.17, 15) is 9.59 Å². The van der Waals surface area contributed by atoms with Gasteiger partial charge >= 0.3 is 0 Å². The van der Waals surface area contributed by atoms with Gasteiger partial charge in [-0.2, -0.15) is 5.10 Å². The molecule has 7 heteroatoms. The summed E-state index contributed by atoms with van der Waals surface area (Å²) in [7, 11) is 0. The van der Waals surface area contributed by atoms with Gasteiger partial charge in [-0.25, -0.2) is 4.98 Å². The van der Waals surface area contributed by atoms with Crippen molar-refractivity contribution in [1.29, 1.82) is 0 Å². The molecule has 1 saturated heterocycles. The van der Waals surface area contributed by atoms with Gasteiger partial charge in [0.25, 0.3) is 5.91 Å². The van der Waals surface area contributed by atoms with Crippen molar-refractivity contribution in [1.82, 2.24) is 25.0 Å². The summed E-state index contributed by atoms with van der Waals surface area (Å²) >= 11 is 0. The molecule has 160 valence electrons. The molecule has 0 saturated carbocycles. The zero-order valence-electron chi connectivity index (χ0n) is 17.5. The predicted octanol–water partition coefficient (Wildman–Crippen LogP) is 3.00. The topological polar surface area (TPSA) is 80.1 Å². The second kappa shape index (κ2) is 10.0. The average molecular weight is 418 g/mol.